The van der Waals surface area contributed by atoms with Gasteiger partial charge in [-0.15, -0.1) is 0 Å². The highest BCUT2D eigenvalue weighted by Crippen LogP contribution is 2.27. The van der Waals surface area contributed by atoms with Crippen molar-refractivity contribution in [3.63, 3.8) is 0 Å². The molecule has 0 saturated heterocycles. The van der Waals surface area contributed by atoms with Crippen molar-refractivity contribution in [2.24, 2.45) is 10.1 Å². The molecular weight excluding hydrogens is 352 g/mol. The minimum atomic E-state index is -3.71. The quantitative estimate of drug-likeness (QED) is 0.535. The number of nitrogens with two attached hydrogens (primary N) is 1. The van der Waals surface area contributed by atoms with E-state index in [0.717, 1.165) is 17.7 Å². The summed E-state index contributed by atoms with van der Waals surface area (Å²) in [7, 11) is -2.03. The summed E-state index contributed by atoms with van der Waals surface area (Å²) >= 11 is 0. The van der Waals surface area contributed by atoms with E-state index in [2.05, 4.69) is 21.7 Å². The van der Waals surface area contributed by atoms with Crippen molar-refractivity contribution in [3.8, 4) is 5.75 Å². The fraction of sp³-hybridized carbons (Fsp3) is 0.278. The molecule has 26 heavy (non-hydrogen) atoms. The Kier molecular flexibility index (Phi) is 5.43. The number of primary sulfonamides is 1. The molecule has 3 rings (SSSR count). The number of guanidine groups is 1. The molecule has 2 aromatic carbocycles. The lowest BCUT2D eigenvalue weighted by atomic mass is 10.1. The van der Waals surface area contributed by atoms with Crippen molar-refractivity contribution >= 4 is 16.0 Å². The molecule has 1 unspecified atom stereocenters. The number of aliphatic imine (C=N–C) groups is 1. The van der Waals surface area contributed by atoms with E-state index < -0.39 is 10.0 Å². The van der Waals surface area contributed by atoms with Gasteiger partial charge in [0.15, 0.2) is 5.96 Å². The molecule has 0 fully saturated rings. The lowest BCUT2D eigenvalue weighted by Gasteiger charge is -2.15. The summed E-state index contributed by atoms with van der Waals surface area (Å²) in [5.74, 6) is 1.55. The second-order valence-electron chi connectivity index (χ2n) is 6.05. The number of para-hydroxylation sites is 1. The monoisotopic (exact) mass is 374 g/mol. The van der Waals surface area contributed by atoms with E-state index in [9.17, 15) is 8.42 Å². The molecule has 1 atom stereocenters. The largest absolute Gasteiger partial charge is 0.488 e. The number of nitrogens with one attached hydrogen (secondary N) is 2. The van der Waals surface area contributed by atoms with Crippen molar-refractivity contribution in [2.75, 3.05) is 13.6 Å². The molecule has 8 heteroatoms. The minimum Gasteiger partial charge on any atom is -0.488 e. The smallest absolute Gasteiger partial charge is 0.238 e. The normalized spacial score (nSPS) is 16.7. The summed E-state index contributed by atoms with van der Waals surface area (Å²) in [4.78, 5) is 4.27. The number of sulfonamides is 1. The van der Waals surface area contributed by atoms with Crippen molar-refractivity contribution in [3.05, 3.63) is 59.7 Å². The molecule has 4 N–H and O–H groups in total. The van der Waals surface area contributed by atoms with Crippen LogP contribution in [0, 0.1) is 0 Å². The summed E-state index contributed by atoms with van der Waals surface area (Å²) in [5, 5.41) is 11.6. The fourth-order valence-electron chi connectivity index (χ4n) is 2.82. The highest BCUT2D eigenvalue weighted by molar-refractivity contribution is 7.89. The van der Waals surface area contributed by atoms with Crippen LogP contribution in [0.5, 0.6) is 5.75 Å². The predicted octanol–water partition coefficient (Wildman–Crippen LogP) is 1.00. The summed E-state index contributed by atoms with van der Waals surface area (Å²) < 4.78 is 28.8. The van der Waals surface area contributed by atoms with Gasteiger partial charge in [-0.25, -0.2) is 13.6 Å². The van der Waals surface area contributed by atoms with E-state index in [4.69, 9.17) is 9.88 Å². The Balaban J connectivity index is 1.52. The lowest BCUT2D eigenvalue weighted by Crippen LogP contribution is -2.41. The van der Waals surface area contributed by atoms with Gasteiger partial charge in [0, 0.05) is 20.0 Å². The molecule has 0 aliphatic carbocycles. The Bertz CT molecular complexity index is 887. The number of fused-ring (bicyclic) bond motifs is 1. The van der Waals surface area contributed by atoms with Crippen LogP contribution in [-0.4, -0.2) is 34.1 Å². The van der Waals surface area contributed by atoms with Crippen molar-refractivity contribution < 1.29 is 13.2 Å². The molecule has 7 nitrogen and oxygen atoms in total. The molecule has 1 aliphatic heterocycles. The molecule has 0 spiro atoms. The maximum absolute atomic E-state index is 11.4. The summed E-state index contributed by atoms with van der Waals surface area (Å²) in [6.07, 6.45) is 0.910. The first kappa shape index (κ1) is 18.2. The summed E-state index contributed by atoms with van der Waals surface area (Å²) in [6.45, 7) is 1.04. The van der Waals surface area contributed by atoms with Crippen LogP contribution < -0.4 is 20.5 Å². The van der Waals surface area contributed by atoms with Crippen LogP contribution in [0.2, 0.25) is 0 Å². The van der Waals surface area contributed by atoms with E-state index in [1.54, 1.807) is 19.2 Å². The molecule has 1 heterocycles. The first-order valence-electron chi connectivity index (χ1n) is 8.26. The van der Waals surface area contributed by atoms with Crippen molar-refractivity contribution in [1.29, 1.82) is 0 Å². The molecule has 0 amide bonds. The molecule has 138 valence electrons. The van der Waals surface area contributed by atoms with Crippen molar-refractivity contribution in [2.45, 2.75) is 24.0 Å². The highest BCUT2D eigenvalue weighted by atomic mass is 32.2. The third kappa shape index (κ3) is 4.53. The summed E-state index contributed by atoms with van der Waals surface area (Å²) in [6, 6.07) is 14.5. The first-order valence-corrected chi connectivity index (χ1v) is 9.81. The van der Waals surface area contributed by atoms with Gasteiger partial charge in [0.1, 0.15) is 11.9 Å². The third-order valence-corrected chi connectivity index (χ3v) is 5.03. The zero-order valence-corrected chi connectivity index (χ0v) is 15.3. The van der Waals surface area contributed by atoms with Crippen molar-refractivity contribution in [1.82, 2.24) is 10.6 Å². The van der Waals surface area contributed by atoms with E-state index >= 15 is 0 Å². The van der Waals surface area contributed by atoms with Crippen LogP contribution in [0.3, 0.4) is 0 Å². The standard InChI is InChI=1S/C18H22N4O3S/c1-20-18(21-11-13-5-4-7-16(9-13)26(19,23)24)22-12-15-10-14-6-2-3-8-17(14)25-15/h2-9,15H,10-12H2,1H3,(H2,19,23,24)(H2,20,21,22). The fourth-order valence-corrected chi connectivity index (χ4v) is 3.40. The summed E-state index contributed by atoms with van der Waals surface area (Å²) in [5.41, 5.74) is 2.01. The molecule has 0 bridgehead atoms. The maximum atomic E-state index is 11.4. The lowest BCUT2D eigenvalue weighted by molar-refractivity contribution is 0.235. The molecule has 0 aromatic heterocycles. The number of ether oxygens (including phenoxy) is 1. The van der Waals surface area contributed by atoms with Gasteiger partial charge >= 0.3 is 0 Å². The van der Waals surface area contributed by atoms with Crippen LogP contribution in [0.25, 0.3) is 0 Å². The molecule has 2 aromatic rings. The van der Waals surface area contributed by atoms with E-state index in [0.29, 0.717) is 19.0 Å². The topological polar surface area (TPSA) is 106 Å². The molecular formula is C18H22N4O3S. The minimum absolute atomic E-state index is 0.0525. The van der Waals surface area contributed by atoms with Gasteiger partial charge in [0.2, 0.25) is 10.0 Å². The molecule has 1 aliphatic rings. The third-order valence-electron chi connectivity index (χ3n) is 4.12. The highest BCUT2D eigenvalue weighted by Gasteiger charge is 2.22. The van der Waals surface area contributed by atoms with Crippen LogP contribution in [0.4, 0.5) is 0 Å². The molecule has 0 radical (unpaired) electrons. The van der Waals surface area contributed by atoms with Gasteiger partial charge in [-0.1, -0.05) is 30.3 Å². The van der Waals surface area contributed by atoms with Crippen LogP contribution in [0.1, 0.15) is 11.1 Å². The Morgan fingerprint density at radius 1 is 1.23 bits per heavy atom. The average molecular weight is 374 g/mol. The number of hydrogen-bond donors (Lipinski definition) is 3. The number of rotatable bonds is 5. The second-order valence-corrected chi connectivity index (χ2v) is 7.61. The van der Waals surface area contributed by atoms with Gasteiger partial charge in [0.05, 0.1) is 11.4 Å². The van der Waals surface area contributed by atoms with Gasteiger partial charge < -0.3 is 15.4 Å². The number of benzene rings is 2. The SMILES string of the molecule is CN=C(NCc1cccc(S(N)(=O)=O)c1)NCC1Cc2ccccc2O1. The van der Waals surface area contributed by atoms with Gasteiger partial charge in [0.25, 0.3) is 0 Å². The zero-order valence-electron chi connectivity index (χ0n) is 14.5. The number of hydrogen-bond acceptors (Lipinski definition) is 4. The Labute approximate surface area is 153 Å². The van der Waals surface area contributed by atoms with E-state index in [-0.39, 0.29) is 11.0 Å². The van der Waals surface area contributed by atoms with Crippen LogP contribution in [-0.2, 0) is 23.0 Å². The predicted molar refractivity (Wildman–Crippen MR) is 101 cm³/mol. The van der Waals surface area contributed by atoms with Crippen LogP contribution in [0.15, 0.2) is 58.4 Å². The Hall–Kier alpha value is -2.58. The number of nitrogens with zero attached hydrogens (tertiary/aromatic N) is 1. The zero-order chi connectivity index (χ0) is 18.6. The Morgan fingerprint density at radius 2 is 2.04 bits per heavy atom. The van der Waals surface area contributed by atoms with Gasteiger partial charge in [-0.3, -0.25) is 4.99 Å². The van der Waals surface area contributed by atoms with E-state index in [1.807, 2.05) is 24.3 Å². The Morgan fingerprint density at radius 3 is 2.77 bits per heavy atom. The van der Waals surface area contributed by atoms with E-state index in [1.165, 1.54) is 11.6 Å². The van der Waals surface area contributed by atoms with Gasteiger partial charge in [-0.2, -0.15) is 0 Å². The first-order chi connectivity index (χ1) is 12.5. The average Bonchev–Trinajstić information content (AvgIpc) is 3.04. The van der Waals surface area contributed by atoms with Crippen LogP contribution >= 0.6 is 0 Å². The second kappa shape index (κ2) is 7.76. The molecule has 0 saturated carbocycles. The van der Waals surface area contributed by atoms with Gasteiger partial charge in [-0.05, 0) is 29.3 Å². The maximum Gasteiger partial charge on any atom is 0.238 e.